The monoisotopic (exact) mass is 266 g/mol. The van der Waals surface area contributed by atoms with E-state index >= 15 is 0 Å². The molecular formula is C17H18N2O. The summed E-state index contributed by atoms with van der Waals surface area (Å²) in [4.78, 5) is 14.1. The van der Waals surface area contributed by atoms with Gasteiger partial charge in [0.05, 0.1) is 0 Å². The number of nitrogens with zero attached hydrogens (tertiary/aromatic N) is 1. The second-order valence-corrected chi connectivity index (χ2v) is 4.67. The second kappa shape index (κ2) is 6.57. The molecule has 0 aliphatic carbocycles. The van der Waals surface area contributed by atoms with E-state index in [0.29, 0.717) is 6.54 Å². The number of urea groups is 1. The predicted molar refractivity (Wildman–Crippen MR) is 84.1 cm³/mol. The minimum atomic E-state index is -0.162. The summed E-state index contributed by atoms with van der Waals surface area (Å²) in [6.45, 7) is 6.29. The average Bonchev–Trinajstić information content (AvgIpc) is 2.46. The highest BCUT2D eigenvalue weighted by atomic mass is 16.2. The molecular weight excluding hydrogens is 248 g/mol. The molecule has 3 nitrogen and oxygen atoms in total. The third-order valence-corrected chi connectivity index (χ3v) is 2.77. The zero-order valence-corrected chi connectivity index (χ0v) is 11.5. The van der Waals surface area contributed by atoms with Crippen LogP contribution in [0.15, 0.2) is 72.8 Å². The molecule has 0 radical (unpaired) electrons. The molecule has 2 rings (SSSR count). The first kappa shape index (κ1) is 13.9. The van der Waals surface area contributed by atoms with Crippen molar-refractivity contribution >= 4 is 17.4 Å². The van der Waals surface area contributed by atoms with Crippen LogP contribution < -0.4 is 10.2 Å². The molecule has 0 aliphatic heterocycles. The van der Waals surface area contributed by atoms with E-state index in [2.05, 4.69) is 11.9 Å². The van der Waals surface area contributed by atoms with E-state index in [1.807, 2.05) is 67.6 Å². The van der Waals surface area contributed by atoms with E-state index < -0.39 is 0 Å². The van der Waals surface area contributed by atoms with E-state index in [-0.39, 0.29) is 6.03 Å². The van der Waals surface area contributed by atoms with Gasteiger partial charge in [0.2, 0.25) is 0 Å². The molecule has 0 heterocycles. The SMILES string of the molecule is C=C(C)CN(C(=O)Nc1ccccc1)c1ccccc1. The molecule has 0 spiro atoms. The summed E-state index contributed by atoms with van der Waals surface area (Å²) in [5, 5.41) is 2.89. The number of carbonyl (C=O) groups excluding carboxylic acids is 1. The third-order valence-electron chi connectivity index (χ3n) is 2.77. The second-order valence-electron chi connectivity index (χ2n) is 4.67. The van der Waals surface area contributed by atoms with Crippen molar-refractivity contribution in [3.8, 4) is 0 Å². The van der Waals surface area contributed by atoms with Crippen LogP contribution in [-0.4, -0.2) is 12.6 Å². The zero-order chi connectivity index (χ0) is 14.4. The molecule has 3 heteroatoms. The number of hydrogen-bond acceptors (Lipinski definition) is 1. The van der Waals surface area contributed by atoms with E-state index in [9.17, 15) is 4.79 Å². The predicted octanol–water partition coefficient (Wildman–Crippen LogP) is 4.30. The highest BCUT2D eigenvalue weighted by Crippen LogP contribution is 2.16. The van der Waals surface area contributed by atoms with Crippen molar-refractivity contribution in [3.05, 3.63) is 72.8 Å². The van der Waals surface area contributed by atoms with Gasteiger partial charge < -0.3 is 5.32 Å². The quantitative estimate of drug-likeness (QED) is 0.822. The van der Waals surface area contributed by atoms with Crippen LogP contribution in [0.2, 0.25) is 0 Å². The third kappa shape index (κ3) is 3.72. The Morgan fingerprint density at radius 3 is 2.15 bits per heavy atom. The summed E-state index contributed by atoms with van der Waals surface area (Å²) in [5.74, 6) is 0. The molecule has 0 bridgehead atoms. The molecule has 2 amide bonds. The Labute approximate surface area is 119 Å². The lowest BCUT2D eigenvalue weighted by Gasteiger charge is -2.23. The number of carbonyl (C=O) groups is 1. The number of hydrogen-bond donors (Lipinski definition) is 1. The molecule has 0 aromatic heterocycles. The lowest BCUT2D eigenvalue weighted by molar-refractivity contribution is 0.257. The van der Waals surface area contributed by atoms with Gasteiger partial charge in [0.1, 0.15) is 0 Å². The minimum absolute atomic E-state index is 0.162. The summed E-state index contributed by atoms with van der Waals surface area (Å²) in [5.41, 5.74) is 2.56. The zero-order valence-electron chi connectivity index (χ0n) is 11.5. The van der Waals surface area contributed by atoms with Crippen molar-refractivity contribution in [2.75, 3.05) is 16.8 Å². The summed E-state index contributed by atoms with van der Waals surface area (Å²) in [7, 11) is 0. The summed E-state index contributed by atoms with van der Waals surface area (Å²) in [6.07, 6.45) is 0. The Hall–Kier alpha value is -2.55. The van der Waals surface area contributed by atoms with Gasteiger partial charge in [-0.3, -0.25) is 4.90 Å². The number of para-hydroxylation sites is 2. The van der Waals surface area contributed by atoms with Gasteiger partial charge in [0.25, 0.3) is 0 Å². The van der Waals surface area contributed by atoms with Gasteiger partial charge in [0.15, 0.2) is 0 Å². The van der Waals surface area contributed by atoms with Crippen molar-refractivity contribution in [3.63, 3.8) is 0 Å². The van der Waals surface area contributed by atoms with Gasteiger partial charge in [-0.05, 0) is 31.2 Å². The first-order chi connectivity index (χ1) is 9.66. The van der Waals surface area contributed by atoms with E-state index in [4.69, 9.17) is 0 Å². The maximum Gasteiger partial charge on any atom is 0.326 e. The largest absolute Gasteiger partial charge is 0.326 e. The average molecular weight is 266 g/mol. The lowest BCUT2D eigenvalue weighted by Crippen LogP contribution is -2.36. The van der Waals surface area contributed by atoms with Gasteiger partial charge >= 0.3 is 6.03 Å². The Balaban J connectivity index is 2.18. The fraction of sp³-hybridized carbons (Fsp3) is 0.118. The summed E-state index contributed by atoms with van der Waals surface area (Å²) < 4.78 is 0. The van der Waals surface area contributed by atoms with Crippen molar-refractivity contribution in [2.24, 2.45) is 0 Å². The number of rotatable bonds is 4. The molecule has 0 unspecified atom stereocenters. The molecule has 0 aliphatic rings. The van der Waals surface area contributed by atoms with Crippen LogP contribution in [0, 0.1) is 0 Å². The summed E-state index contributed by atoms with van der Waals surface area (Å²) in [6, 6.07) is 18.8. The molecule has 1 N–H and O–H groups in total. The standard InChI is InChI=1S/C17H18N2O/c1-14(2)13-19(16-11-7-4-8-12-16)17(20)18-15-9-5-3-6-10-15/h3-12H,1,13H2,2H3,(H,18,20). The fourth-order valence-electron chi connectivity index (χ4n) is 1.87. The van der Waals surface area contributed by atoms with Crippen molar-refractivity contribution in [2.45, 2.75) is 6.92 Å². The van der Waals surface area contributed by atoms with E-state index in [1.165, 1.54) is 0 Å². The van der Waals surface area contributed by atoms with Gasteiger partial charge in [-0.2, -0.15) is 0 Å². The van der Waals surface area contributed by atoms with Gasteiger partial charge in [-0.25, -0.2) is 4.79 Å². The molecule has 0 saturated carbocycles. The maximum absolute atomic E-state index is 12.4. The van der Waals surface area contributed by atoms with Crippen molar-refractivity contribution < 1.29 is 4.79 Å². The Kier molecular flexibility index (Phi) is 4.56. The smallest absolute Gasteiger partial charge is 0.308 e. The van der Waals surface area contributed by atoms with Gasteiger partial charge in [0, 0.05) is 17.9 Å². The maximum atomic E-state index is 12.4. The first-order valence-electron chi connectivity index (χ1n) is 6.50. The fourth-order valence-corrected chi connectivity index (χ4v) is 1.87. The van der Waals surface area contributed by atoms with Crippen LogP contribution in [0.3, 0.4) is 0 Å². The van der Waals surface area contributed by atoms with Gasteiger partial charge in [-0.15, -0.1) is 0 Å². The van der Waals surface area contributed by atoms with Crippen LogP contribution in [0.4, 0.5) is 16.2 Å². The number of benzene rings is 2. The van der Waals surface area contributed by atoms with Crippen molar-refractivity contribution in [1.82, 2.24) is 0 Å². The van der Waals surface area contributed by atoms with Crippen LogP contribution in [0.5, 0.6) is 0 Å². The molecule has 0 atom stereocenters. The molecule has 0 saturated heterocycles. The van der Waals surface area contributed by atoms with Crippen molar-refractivity contribution in [1.29, 1.82) is 0 Å². The highest BCUT2D eigenvalue weighted by Gasteiger charge is 2.15. The molecule has 102 valence electrons. The summed E-state index contributed by atoms with van der Waals surface area (Å²) >= 11 is 0. The lowest BCUT2D eigenvalue weighted by atomic mass is 10.2. The van der Waals surface area contributed by atoms with Crippen LogP contribution in [0.25, 0.3) is 0 Å². The normalized spacial score (nSPS) is 9.85. The molecule has 0 fully saturated rings. The Bertz CT molecular complexity index is 578. The number of nitrogens with one attached hydrogen (secondary N) is 1. The number of anilines is 2. The Morgan fingerprint density at radius 2 is 1.60 bits per heavy atom. The van der Waals surface area contributed by atoms with E-state index in [0.717, 1.165) is 16.9 Å². The van der Waals surface area contributed by atoms with Crippen LogP contribution in [0.1, 0.15) is 6.92 Å². The van der Waals surface area contributed by atoms with Crippen LogP contribution in [-0.2, 0) is 0 Å². The first-order valence-corrected chi connectivity index (χ1v) is 6.50. The molecule has 2 aromatic rings. The number of amides is 2. The molecule has 20 heavy (non-hydrogen) atoms. The topological polar surface area (TPSA) is 32.3 Å². The highest BCUT2D eigenvalue weighted by molar-refractivity contribution is 6.01. The van der Waals surface area contributed by atoms with Gasteiger partial charge in [-0.1, -0.05) is 48.6 Å². The molecule has 2 aromatic carbocycles. The minimum Gasteiger partial charge on any atom is -0.308 e. The van der Waals surface area contributed by atoms with Crippen LogP contribution >= 0.6 is 0 Å². The van der Waals surface area contributed by atoms with E-state index in [1.54, 1.807) is 4.90 Å². The Morgan fingerprint density at radius 1 is 1.05 bits per heavy atom.